The predicted molar refractivity (Wildman–Crippen MR) is 130 cm³/mol. The quantitative estimate of drug-likeness (QED) is 0.280. The number of rotatable bonds is 8. The van der Waals surface area contributed by atoms with Gasteiger partial charge in [0.2, 0.25) is 0 Å². The van der Waals surface area contributed by atoms with E-state index in [1.807, 2.05) is 48.5 Å². The van der Waals surface area contributed by atoms with E-state index in [2.05, 4.69) is 5.16 Å². The van der Waals surface area contributed by atoms with Gasteiger partial charge in [-0.2, -0.15) is 0 Å². The molecule has 34 heavy (non-hydrogen) atoms. The van der Waals surface area contributed by atoms with Crippen LogP contribution >= 0.6 is 22.9 Å². The average molecular weight is 496 g/mol. The van der Waals surface area contributed by atoms with Gasteiger partial charge in [-0.15, -0.1) is 11.3 Å². The lowest BCUT2D eigenvalue weighted by Crippen LogP contribution is -2.12. The highest BCUT2D eigenvalue weighted by Gasteiger charge is 2.21. The molecule has 0 fully saturated rings. The Morgan fingerprint density at radius 1 is 1.12 bits per heavy atom. The molecule has 2 aromatic heterocycles. The second-order valence-electron chi connectivity index (χ2n) is 7.85. The fourth-order valence-corrected chi connectivity index (χ4v) is 4.81. The minimum absolute atomic E-state index is 0.0222. The van der Waals surface area contributed by atoms with Gasteiger partial charge >= 0.3 is 11.9 Å². The number of carboxylic acids is 1. The average Bonchev–Trinajstić information content (AvgIpc) is 3.42. The Morgan fingerprint density at radius 3 is 2.53 bits per heavy atom. The topological polar surface area (TPSA) is 89.6 Å². The summed E-state index contributed by atoms with van der Waals surface area (Å²) in [6.07, 6.45) is 0.171. The minimum atomic E-state index is -0.917. The van der Waals surface area contributed by atoms with E-state index in [1.54, 1.807) is 26.0 Å². The molecule has 174 valence electrons. The van der Waals surface area contributed by atoms with Gasteiger partial charge in [-0.25, -0.2) is 4.79 Å². The Balaban J connectivity index is 1.46. The first-order valence-corrected chi connectivity index (χ1v) is 11.8. The molecule has 0 radical (unpaired) electrons. The van der Waals surface area contributed by atoms with Crippen molar-refractivity contribution in [3.05, 3.63) is 97.8 Å². The zero-order chi connectivity index (χ0) is 24.2. The van der Waals surface area contributed by atoms with Crippen LogP contribution in [0.25, 0.3) is 11.3 Å². The number of thiophene rings is 1. The fourth-order valence-electron chi connectivity index (χ4n) is 3.64. The number of carboxylic acid groups (broad SMARTS) is 1. The van der Waals surface area contributed by atoms with Gasteiger partial charge in [0.05, 0.1) is 12.1 Å². The maximum Gasteiger partial charge on any atom is 0.345 e. The third kappa shape index (κ3) is 5.38. The van der Waals surface area contributed by atoms with Crippen LogP contribution in [0.1, 0.15) is 50.0 Å². The fraction of sp³-hybridized carbons (Fsp3) is 0.192. The van der Waals surface area contributed by atoms with Crippen LogP contribution < -0.4 is 0 Å². The molecule has 6 nitrogen and oxygen atoms in total. The van der Waals surface area contributed by atoms with Crippen LogP contribution in [0.5, 0.6) is 0 Å². The van der Waals surface area contributed by atoms with Crippen LogP contribution in [0.4, 0.5) is 0 Å². The number of ether oxygens (including phenoxy) is 1. The first kappa shape index (κ1) is 23.7. The third-order valence-electron chi connectivity index (χ3n) is 5.42. The van der Waals surface area contributed by atoms with Crippen molar-refractivity contribution >= 4 is 34.9 Å². The van der Waals surface area contributed by atoms with E-state index in [1.165, 1.54) is 11.3 Å². The van der Waals surface area contributed by atoms with E-state index in [0.717, 1.165) is 21.6 Å². The summed E-state index contributed by atoms with van der Waals surface area (Å²) >= 11 is 7.48. The molecule has 2 heterocycles. The summed E-state index contributed by atoms with van der Waals surface area (Å²) in [6.45, 7) is 3.57. The summed E-state index contributed by atoms with van der Waals surface area (Å²) in [5.41, 5.74) is 3.88. The van der Waals surface area contributed by atoms with Crippen molar-refractivity contribution in [2.75, 3.05) is 0 Å². The number of aromatic carboxylic acids is 1. The molecular weight excluding hydrogens is 474 g/mol. The molecule has 2 aromatic carbocycles. The lowest BCUT2D eigenvalue weighted by atomic mass is 10.0. The molecule has 0 saturated carbocycles. The monoisotopic (exact) mass is 495 g/mol. The number of halogens is 1. The van der Waals surface area contributed by atoms with Gasteiger partial charge in [0.15, 0.2) is 5.76 Å². The largest absolute Gasteiger partial charge is 0.477 e. The third-order valence-corrected chi connectivity index (χ3v) is 6.84. The highest BCUT2D eigenvalue weighted by molar-refractivity contribution is 7.13. The van der Waals surface area contributed by atoms with Crippen LogP contribution in [0.2, 0.25) is 5.02 Å². The van der Waals surface area contributed by atoms with Gasteiger partial charge in [0, 0.05) is 33.0 Å². The van der Waals surface area contributed by atoms with E-state index in [4.69, 9.17) is 26.0 Å². The summed E-state index contributed by atoms with van der Waals surface area (Å²) in [5, 5.41) is 13.7. The van der Waals surface area contributed by atoms with E-state index < -0.39 is 18.0 Å². The van der Waals surface area contributed by atoms with Crippen LogP contribution in [0.15, 0.2) is 65.2 Å². The van der Waals surface area contributed by atoms with Gasteiger partial charge in [-0.1, -0.05) is 59.2 Å². The lowest BCUT2D eigenvalue weighted by molar-refractivity contribution is -0.147. The molecule has 0 amide bonds. The van der Waals surface area contributed by atoms with Gasteiger partial charge in [-0.05, 0) is 37.6 Å². The first-order chi connectivity index (χ1) is 16.3. The maximum absolute atomic E-state index is 12.7. The summed E-state index contributed by atoms with van der Waals surface area (Å²) in [5.74, 6) is -0.793. The number of benzene rings is 2. The van der Waals surface area contributed by atoms with E-state index in [0.29, 0.717) is 33.3 Å². The van der Waals surface area contributed by atoms with Crippen molar-refractivity contribution in [2.45, 2.75) is 32.8 Å². The van der Waals surface area contributed by atoms with Gasteiger partial charge in [0.25, 0.3) is 0 Å². The molecular formula is C26H22ClNO5S. The number of hydrogen-bond donors (Lipinski definition) is 1. The lowest BCUT2D eigenvalue weighted by Gasteiger charge is -2.15. The molecule has 0 aliphatic rings. The van der Waals surface area contributed by atoms with Crippen LogP contribution in [0.3, 0.4) is 0 Å². The Labute approximate surface area is 205 Å². The highest BCUT2D eigenvalue weighted by Crippen LogP contribution is 2.30. The number of carbonyl (C=O) groups is 2. The zero-order valence-corrected chi connectivity index (χ0v) is 20.2. The van der Waals surface area contributed by atoms with Crippen molar-refractivity contribution in [1.82, 2.24) is 5.16 Å². The number of aryl methyl sites for hydroxylation is 1. The van der Waals surface area contributed by atoms with Crippen LogP contribution in [0, 0.1) is 6.92 Å². The Bertz CT molecular complexity index is 1330. The summed E-state index contributed by atoms with van der Waals surface area (Å²) in [7, 11) is 0. The normalized spacial score (nSPS) is 11.9. The van der Waals surface area contributed by atoms with Gasteiger partial charge < -0.3 is 14.4 Å². The van der Waals surface area contributed by atoms with E-state index in [-0.39, 0.29) is 6.42 Å². The first-order valence-electron chi connectivity index (χ1n) is 10.6. The predicted octanol–water partition coefficient (Wildman–Crippen LogP) is 6.50. The molecule has 0 aliphatic heterocycles. The smallest absolute Gasteiger partial charge is 0.345 e. The Morgan fingerprint density at radius 2 is 1.85 bits per heavy atom. The standard InChI is InChI=1S/C26H22ClNO5S/c1-15-21(14-24(29)32-16(2)20-5-3-4-6-22(20)27)25(33-28-15)18-9-7-17(8-10-18)13-19-11-12-23(34-19)26(30)31/h3-12,16H,13-14H2,1-2H3,(H,30,31). The summed E-state index contributed by atoms with van der Waals surface area (Å²) in [4.78, 5) is 25.0. The summed E-state index contributed by atoms with van der Waals surface area (Å²) < 4.78 is 11.1. The van der Waals surface area contributed by atoms with Crippen LogP contribution in [-0.4, -0.2) is 22.2 Å². The molecule has 0 saturated heterocycles. The number of nitrogens with zero attached hydrogens (tertiary/aromatic N) is 1. The van der Waals surface area contributed by atoms with E-state index in [9.17, 15) is 9.59 Å². The minimum Gasteiger partial charge on any atom is -0.477 e. The molecule has 4 rings (SSSR count). The molecule has 0 aliphatic carbocycles. The van der Waals surface area contributed by atoms with Crippen molar-refractivity contribution in [1.29, 1.82) is 0 Å². The second kappa shape index (κ2) is 10.2. The highest BCUT2D eigenvalue weighted by atomic mass is 35.5. The number of esters is 1. The number of hydrogen-bond acceptors (Lipinski definition) is 6. The van der Waals surface area contributed by atoms with E-state index >= 15 is 0 Å². The van der Waals surface area contributed by atoms with Crippen molar-refractivity contribution in [3.8, 4) is 11.3 Å². The second-order valence-corrected chi connectivity index (χ2v) is 9.43. The molecule has 4 aromatic rings. The molecule has 1 atom stereocenters. The zero-order valence-electron chi connectivity index (χ0n) is 18.6. The molecule has 1 N–H and O–H groups in total. The SMILES string of the molecule is Cc1noc(-c2ccc(Cc3ccc(C(=O)O)s3)cc2)c1CC(=O)OC(C)c1ccccc1Cl. The number of aromatic nitrogens is 1. The maximum atomic E-state index is 12.7. The Hall–Kier alpha value is -3.42. The molecule has 0 spiro atoms. The molecule has 8 heteroatoms. The Kier molecular flexibility index (Phi) is 7.14. The molecule has 1 unspecified atom stereocenters. The van der Waals surface area contributed by atoms with Crippen LogP contribution in [-0.2, 0) is 22.4 Å². The van der Waals surface area contributed by atoms with Gasteiger partial charge in [-0.3, -0.25) is 4.79 Å². The van der Waals surface area contributed by atoms with Crippen molar-refractivity contribution in [2.24, 2.45) is 0 Å². The number of carbonyl (C=O) groups excluding carboxylic acids is 1. The molecule has 0 bridgehead atoms. The summed E-state index contributed by atoms with van der Waals surface area (Å²) in [6, 6.07) is 18.4. The van der Waals surface area contributed by atoms with Gasteiger partial charge in [0.1, 0.15) is 11.0 Å². The van der Waals surface area contributed by atoms with Crippen molar-refractivity contribution in [3.63, 3.8) is 0 Å². The van der Waals surface area contributed by atoms with Crippen molar-refractivity contribution < 1.29 is 24.0 Å².